The average molecular weight is 366 g/mol. The monoisotopic (exact) mass is 366 g/mol. The summed E-state index contributed by atoms with van der Waals surface area (Å²) in [7, 11) is 0. The zero-order valence-corrected chi connectivity index (χ0v) is 15.0. The van der Waals surface area contributed by atoms with Crippen LogP contribution in [-0.2, 0) is 9.59 Å². The number of amides is 2. The van der Waals surface area contributed by atoms with Gasteiger partial charge in [0.05, 0.1) is 18.2 Å². The van der Waals surface area contributed by atoms with E-state index in [2.05, 4.69) is 20.6 Å². The second kappa shape index (κ2) is 8.35. The highest BCUT2D eigenvalue weighted by Gasteiger charge is 2.18. The number of benzene rings is 1. The lowest BCUT2D eigenvalue weighted by atomic mass is 10.0. The number of nitrogens with one attached hydrogen (secondary N) is 2. The molecule has 1 aromatic carbocycles. The first kappa shape index (κ1) is 17.8. The van der Waals surface area contributed by atoms with E-state index in [1.54, 1.807) is 6.20 Å². The van der Waals surface area contributed by atoms with E-state index in [0.717, 1.165) is 11.3 Å². The van der Waals surface area contributed by atoms with Crippen LogP contribution >= 0.6 is 11.3 Å². The first-order valence-corrected chi connectivity index (χ1v) is 8.98. The maximum absolute atomic E-state index is 12.4. The van der Waals surface area contributed by atoms with E-state index in [1.165, 1.54) is 18.3 Å². The van der Waals surface area contributed by atoms with Gasteiger partial charge in [0.25, 0.3) is 0 Å². The maximum atomic E-state index is 12.4. The van der Waals surface area contributed by atoms with Crippen molar-refractivity contribution in [3.63, 3.8) is 0 Å². The molecule has 0 unspecified atom stereocenters. The molecule has 0 aliphatic rings. The third kappa shape index (κ3) is 4.73. The van der Waals surface area contributed by atoms with Crippen molar-refractivity contribution in [1.29, 1.82) is 0 Å². The topological polar surface area (TPSA) is 84.0 Å². The van der Waals surface area contributed by atoms with Gasteiger partial charge in [-0.3, -0.25) is 14.6 Å². The maximum Gasteiger partial charge on any atom is 0.228 e. The molecular weight excluding hydrogens is 348 g/mol. The number of hydrogen-bond donors (Lipinski definition) is 2. The molecule has 0 aliphatic carbocycles. The largest absolute Gasteiger partial charge is 0.349 e. The third-order valence-electron chi connectivity index (χ3n) is 3.65. The molecule has 0 saturated heterocycles. The molecule has 7 heteroatoms. The standard InChI is InChI=1S/C19H18N4O2S/c1-13(24)21-16(14-7-3-2-4-8-14)11-18(25)23-19-22-17(12-26-19)15-9-5-6-10-20-15/h2-10,12,16H,11H2,1H3,(H,21,24)(H,22,23,25)/t16-/m1/s1. The number of carbonyl (C=O) groups excluding carboxylic acids is 2. The van der Waals surface area contributed by atoms with E-state index < -0.39 is 0 Å². The lowest BCUT2D eigenvalue weighted by Crippen LogP contribution is -2.29. The Morgan fingerprint density at radius 3 is 2.54 bits per heavy atom. The molecular formula is C19H18N4O2S. The number of carbonyl (C=O) groups is 2. The minimum atomic E-state index is -0.385. The van der Waals surface area contributed by atoms with Gasteiger partial charge in [0.1, 0.15) is 5.69 Å². The summed E-state index contributed by atoms with van der Waals surface area (Å²) in [5.74, 6) is -0.395. The summed E-state index contributed by atoms with van der Waals surface area (Å²) in [4.78, 5) is 32.5. The highest BCUT2D eigenvalue weighted by Crippen LogP contribution is 2.24. The van der Waals surface area contributed by atoms with Gasteiger partial charge in [-0.05, 0) is 17.7 Å². The van der Waals surface area contributed by atoms with Crippen LogP contribution in [0.1, 0.15) is 24.9 Å². The Balaban J connectivity index is 1.67. The van der Waals surface area contributed by atoms with Crippen LogP contribution in [0.2, 0.25) is 0 Å². The molecule has 1 atom stereocenters. The first-order chi connectivity index (χ1) is 12.6. The molecule has 132 valence electrons. The Morgan fingerprint density at radius 2 is 1.85 bits per heavy atom. The van der Waals surface area contributed by atoms with Gasteiger partial charge in [-0.2, -0.15) is 0 Å². The minimum Gasteiger partial charge on any atom is -0.349 e. The Kier molecular flexibility index (Phi) is 5.70. The predicted molar refractivity (Wildman–Crippen MR) is 102 cm³/mol. The molecule has 2 N–H and O–H groups in total. The van der Waals surface area contributed by atoms with Crippen LogP contribution in [0.15, 0.2) is 60.1 Å². The molecule has 3 rings (SSSR count). The molecule has 0 fully saturated rings. The molecule has 26 heavy (non-hydrogen) atoms. The van der Waals surface area contributed by atoms with Gasteiger partial charge in [0.15, 0.2) is 5.13 Å². The van der Waals surface area contributed by atoms with Crippen molar-refractivity contribution >= 4 is 28.3 Å². The van der Waals surface area contributed by atoms with E-state index in [-0.39, 0.29) is 24.3 Å². The van der Waals surface area contributed by atoms with Gasteiger partial charge >= 0.3 is 0 Å². The van der Waals surface area contributed by atoms with Gasteiger partial charge in [-0.15, -0.1) is 11.3 Å². The summed E-state index contributed by atoms with van der Waals surface area (Å²) >= 11 is 1.34. The quantitative estimate of drug-likeness (QED) is 0.700. The van der Waals surface area contributed by atoms with Crippen LogP contribution in [0, 0.1) is 0 Å². The SMILES string of the molecule is CC(=O)N[C@H](CC(=O)Nc1nc(-c2ccccn2)cs1)c1ccccc1. The Morgan fingerprint density at radius 1 is 1.08 bits per heavy atom. The van der Waals surface area contributed by atoms with Crippen LogP contribution in [0.4, 0.5) is 5.13 Å². The van der Waals surface area contributed by atoms with Gasteiger partial charge in [-0.1, -0.05) is 36.4 Å². The summed E-state index contributed by atoms with van der Waals surface area (Å²) in [6.07, 6.45) is 1.83. The molecule has 0 saturated carbocycles. The fourth-order valence-electron chi connectivity index (χ4n) is 2.50. The van der Waals surface area contributed by atoms with Crippen molar-refractivity contribution in [3.8, 4) is 11.4 Å². The predicted octanol–water partition coefficient (Wildman–Crippen LogP) is 3.41. The number of pyridine rings is 1. The summed E-state index contributed by atoms with van der Waals surface area (Å²) in [6.45, 7) is 1.44. The average Bonchev–Trinajstić information content (AvgIpc) is 3.10. The second-order valence-electron chi connectivity index (χ2n) is 5.67. The number of rotatable bonds is 6. The third-order valence-corrected chi connectivity index (χ3v) is 4.40. The van der Waals surface area contributed by atoms with Crippen molar-refractivity contribution < 1.29 is 9.59 Å². The van der Waals surface area contributed by atoms with Crippen LogP contribution in [-0.4, -0.2) is 21.8 Å². The highest BCUT2D eigenvalue weighted by molar-refractivity contribution is 7.14. The van der Waals surface area contributed by atoms with Crippen LogP contribution in [0.3, 0.4) is 0 Å². The van der Waals surface area contributed by atoms with E-state index in [4.69, 9.17) is 0 Å². The van der Waals surface area contributed by atoms with Gasteiger partial charge < -0.3 is 10.6 Å². The number of hydrogen-bond acceptors (Lipinski definition) is 5. The molecule has 3 aromatic rings. The zero-order chi connectivity index (χ0) is 18.4. The van der Waals surface area contributed by atoms with E-state index in [1.807, 2.05) is 53.9 Å². The van der Waals surface area contributed by atoms with Crippen molar-refractivity contribution in [3.05, 3.63) is 65.7 Å². The molecule has 0 bridgehead atoms. The first-order valence-electron chi connectivity index (χ1n) is 8.10. The lowest BCUT2D eigenvalue weighted by molar-refractivity contribution is -0.120. The van der Waals surface area contributed by atoms with Crippen molar-refractivity contribution in [2.75, 3.05) is 5.32 Å². The minimum absolute atomic E-state index is 0.127. The fourth-order valence-corrected chi connectivity index (χ4v) is 3.22. The van der Waals surface area contributed by atoms with E-state index >= 15 is 0 Å². The second-order valence-corrected chi connectivity index (χ2v) is 6.53. The lowest BCUT2D eigenvalue weighted by Gasteiger charge is -2.17. The Labute approximate surface area is 155 Å². The molecule has 0 aliphatic heterocycles. The number of thiazole rings is 1. The summed E-state index contributed by atoms with van der Waals surface area (Å²) in [5, 5.41) is 7.96. The highest BCUT2D eigenvalue weighted by atomic mass is 32.1. The summed E-state index contributed by atoms with van der Waals surface area (Å²) in [6, 6.07) is 14.6. The molecule has 6 nitrogen and oxygen atoms in total. The molecule has 2 heterocycles. The van der Waals surface area contributed by atoms with E-state index in [9.17, 15) is 9.59 Å². The number of nitrogens with zero attached hydrogens (tertiary/aromatic N) is 2. The van der Waals surface area contributed by atoms with E-state index in [0.29, 0.717) is 10.8 Å². The molecule has 0 spiro atoms. The molecule has 0 radical (unpaired) electrons. The number of aromatic nitrogens is 2. The normalized spacial score (nSPS) is 11.6. The Hall–Kier alpha value is -3.06. The molecule has 2 aromatic heterocycles. The Bertz CT molecular complexity index is 881. The van der Waals surface area contributed by atoms with Crippen molar-refractivity contribution in [2.45, 2.75) is 19.4 Å². The van der Waals surface area contributed by atoms with Crippen LogP contribution in [0.25, 0.3) is 11.4 Å². The number of anilines is 1. The van der Waals surface area contributed by atoms with Crippen LogP contribution in [0.5, 0.6) is 0 Å². The van der Waals surface area contributed by atoms with Crippen molar-refractivity contribution in [1.82, 2.24) is 15.3 Å². The summed E-state index contributed by atoms with van der Waals surface area (Å²) in [5.41, 5.74) is 2.35. The van der Waals surface area contributed by atoms with Gasteiger partial charge in [0, 0.05) is 18.5 Å². The van der Waals surface area contributed by atoms with Gasteiger partial charge in [0.2, 0.25) is 11.8 Å². The summed E-state index contributed by atoms with van der Waals surface area (Å²) < 4.78 is 0. The van der Waals surface area contributed by atoms with Gasteiger partial charge in [-0.25, -0.2) is 4.98 Å². The van der Waals surface area contributed by atoms with Crippen LogP contribution < -0.4 is 10.6 Å². The smallest absolute Gasteiger partial charge is 0.228 e. The van der Waals surface area contributed by atoms with Crippen molar-refractivity contribution in [2.24, 2.45) is 0 Å². The molecule has 2 amide bonds. The fraction of sp³-hybridized carbons (Fsp3) is 0.158. The zero-order valence-electron chi connectivity index (χ0n) is 14.2.